The normalized spacial score (nSPS) is 14.4. The summed E-state index contributed by atoms with van der Waals surface area (Å²) in [6.45, 7) is 7.64. The number of anilines is 1. The van der Waals surface area contributed by atoms with Crippen LogP contribution in [0.15, 0.2) is 30.6 Å². The Labute approximate surface area is 181 Å². The fourth-order valence-corrected chi connectivity index (χ4v) is 3.49. The Morgan fingerprint density at radius 1 is 1.19 bits per heavy atom. The number of hydrogen-bond donors (Lipinski definition) is 1. The summed E-state index contributed by atoms with van der Waals surface area (Å²) in [7, 11) is 3.57. The third-order valence-corrected chi connectivity index (χ3v) is 5.09. The van der Waals surface area contributed by atoms with Crippen molar-refractivity contribution in [3.63, 3.8) is 0 Å². The summed E-state index contributed by atoms with van der Waals surface area (Å²) in [4.78, 5) is 28.0. The van der Waals surface area contributed by atoms with Gasteiger partial charge in [-0.25, -0.2) is 14.8 Å². The molecule has 1 aromatic carbocycles. The van der Waals surface area contributed by atoms with E-state index in [1.807, 2.05) is 56.7 Å². The average Bonchev–Trinajstić information content (AvgIpc) is 3.06. The van der Waals surface area contributed by atoms with Crippen molar-refractivity contribution in [2.45, 2.75) is 26.4 Å². The van der Waals surface area contributed by atoms with E-state index in [9.17, 15) is 4.79 Å². The van der Waals surface area contributed by atoms with Crippen LogP contribution in [-0.2, 0) is 11.8 Å². The Kier molecular flexibility index (Phi) is 5.43. The lowest BCUT2D eigenvalue weighted by Crippen LogP contribution is -2.52. The molecule has 0 unspecified atom stereocenters. The molecule has 1 amide bonds. The first kappa shape index (κ1) is 20.9. The van der Waals surface area contributed by atoms with Gasteiger partial charge in [0.15, 0.2) is 5.65 Å². The van der Waals surface area contributed by atoms with E-state index in [2.05, 4.69) is 15.2 Å². The van der Waals surface area contributed by atoms with E-state index in [0.29, 0.717) is 18.4 Å². The van der Waals surface area contributed by atoms with Crippen LogP contribution in [0.4, 0.5) is 10.7 Å². The van der Waals surface area contributed by atoms with Gasteiger partial charge in [0.2, 0.25) is 5.95 Å². The molecule has 0 bridgehead atoms. The standard InChI is InChI=1S/C22H28N6O3/c1-22(2,3)31-21(29)23-10-14-11-28(12-14)20-25-17(15-6-8-16(30-5)9-7-15)18-19(26-20)27(4)13-24-18/h6-9,13-14H,10-12H2,1-5H3,(H,23,29). The van der Waals surface area contributed by atoms with Crippen molar-refractivity contribution in [2.75, 3.05) is 31.6 Å². The number of hydrogen-bond acceptors (Lipinski definition) is 7. The van der Waals surface area contributed by atoms with E-state index in [-0.39, 0.29) is 6.09 Å². The summed E-state index contributed by atoms with van der Waals surface area (Å²) in [6.07, 6.45) is 1.36. The molecule has 1 N–H and O–H groups in total. The van der Waals surface area contributed by atoms with Crippen molar-refractivity contribution in [3.05, 3.63) is 30.6 Å². The fourth-order valence-electron chi connectivity index (χ4n) is 3.49. The topological polar surface area (TPSA) is 94.4 Å². The summed E-state index contributed by atoms with van der Waals surface area (Å²) in [5.41, 5.74) is 2.79. The lowest BCUT2D eigenvalue weighted by atomic mass is 10.0. The van der Waals surface area contributed by atoms with E-state index >= 15 is 0 Å². The van der Waals surface area contributed by atoms with Gasteiger partial charge in [-0.1, -0.05) is 0 Å². The summed E-state index contributed by atoms with van der Waals surface area (Å²) in [6, 6.07) is 7.77. The van der Waals surface area contributed by atoms with Crippen LogP contribution in [0, 0.1) is 5.92 Å². The molecule has 0 atom stereocenters. The zero-order chi connectivity index (χ0) is 22.2. The molecule has 2 aromatic heterocycles. The average molecular weight is 425 g/mol. The smallest absolute Gasteiger partial charge is 0.407 e. The van der Waals surface area contributed by atoms with Crippen molar-refractivity contribution in [1.29, 1.82) is 0 Å². The molecule has 4 rings (SSSR count). The third-order valence-electron chi connectivity index (χ3n) is 5.09. The van der Waals surface area contributed by atoms with Crippen molar-refractivity contribution >= 4 is 23.2 Å². The molecular weight excluding hydrogens is 396 g/mol. The van der Waals surface area contributed by atoms with Gasteiger partial charge in [-0.2, -0.15) is 4.98 Å². The number of carbonyl (C=O) groups is 1. The van der Waals surface area contributed by atoms with Crippen LogP contribution in [0.5, 0.6) is 5.75 Å². The van der Waals surface area contributed by atoms with Gasteiger partial charge in [-0.15, -0.1) is 0 Å². The van der Waals surface area contributed by atoms with E-state index in [4.69, 9.17) is 19.4 Å². The van der Waals surface area contributed by atoms with Gasteiger partial charge in [0.1, 0.15) is 22.6 Å². The summed E-state index contributed by atoms with van der Waals surface area (Å²) in [5, 5.41) is 2.84. The maximum absolute atomic E-state index is 11.9. The molecule has 1 fully saturated rings. The monoisotopic (exact) mass is 424 g/mol. The van der Waals surface area contributed by atoms with Crippen LogP contribution >= 0.6 is 0 Å². The van der Waals surface area contributed by atoms with E-state index in [1.165, 1.54) is 0 Å². The minimum absolute atomic E-state index is 0.322. The molecule has 1 aliphatic rings. The number of rotatable bonds is 5. The minimum Gasteiger partial charge on any atom is -0.497 e. The molecule has 0 spiro atoms. The van der Waals surface area contributed by atoms with E-state index in [1.54, 1.807) is 13.4 Å². The molecule has 9 nitrogen and oxygen atoms in total. The highest BCUT2D eigenvalue weighted by molar-refractivity contribution is 5.88. The van der Waals surface area contributed by atoms with Crippen LogP contribution in [0.25, 0.3) is 22.4 Å². The van der Waals surface area contributed by atoms with Gasteiger partial charge in [-0.3, -0.25) is 0 Å². The molecule has 9 heteroatoms. The number of nitrogens with one attached hydrogen (secondary N) is 1. The number of methoxy groups -OCH3 is 1. The van der Waals surface area contributed by atoms with Gasteiger partial charge >= 0.3 is 6.09 Å². The molecule has 0 radical (unpaired) electrons. The predicted molar refractivity (Wildman–Crippen MR) is 118 cm³/mol. The molecule has 164 valence electrons. The first-order chi connectivity index (χ1) is 14.7. The lowest BCUT2D eigenvalue weighted by molar-refractivity contribution is 0.0516. The van der Waals surface area contributed by atoms with E-state index < -0.39 is 5.60 Å². The second-order valence-electron chi connectivity index (χ2n) is 8.78. The van der Waals surface area contributed by atoms with E-state index in [0.717, 1.165) is 41.3 Å². The quantitative estimate of drug-likeness (QED) is 0.673. The Morgan fingerprint density at radius 3 is 2.55 bits per heavy atom. The van der Waals surface area contributed by atoms with Crippen LogP contribution in [0.3, 0.4) is 0 Å². The minimum atomic E-state index is -0.500. The summed E-state index contributed by atoms with van der Waals surface area (Å²) in [5.74, 6) is 1.77. The zero-order valence-electron chi connectivity index (χ0n) is 18.5. The van der Waals surface area contributed by atoms with Crippen molar-refractivity contribution < 1.29 is 14.3 Å². The molecule has 31 heavy (non-hydrogen) atoms. The Hall–Kier alpha value is -3.36. The zero-order valence-corrected chi connectivity index (χ0v) is 18.5. The second-order valence-corrected chi connectivity index (χ2v) is 8.78. The third kappa shape index (κ3) is 4.55. The number of aryl methyl sites for hydroxylation is 1. The SMILES string of the molecule is COc1ccc(-c2nc(N3CC(CNC(=O)OC(C)(C)C)C3)nc3c2ncn3C)cc1. The van der Waals surface area contributed by atoms with Crippen molar-refractivity contribution in [3.8, 4) is 17.0 Å². The number of alkyl carbamates (subject to hydrolysis) is 1. The van der Waals surface area contributed by atoms with Gasteiger partial charge in [0.25, 0.3) is 0 Å². The highest BCUT2D eigenvalue weighted by atomic mass is 16.6. The molecule has 3 heterocycles. The number of aromatic nitrogens is 4. The molecule has 1 aliphatic heterocycles. The second kappa shape index (κ2) is 8.05. The number of carbonyl (C=O) groups excluding carboxylic acids is 1. The maximum atomic E-state index is 11.9. The van der Waals surface area contributed by atoms with Crippen molar-refractivity contribution in [2.24, 2.45) is 13.0 Å². The Morgan fingerprint density at radius 2 is 1.90 bits per heavy atom. The molecular formula is C22H28N6O3. The van der Waals surface area contributed by atoms with Crippen LogP contribution in [0.2, 0.25) is 0 Å². The predicted octanol–water partition coefficient (Wildman–Crippen LogP) is 3.00. The number of imidazole rings is 1. The number of nitrogens with zero attached hydrogens (tertiary/aromatic N) is 5. The summed E-state index contributed by atoms with van der Waals surface area (Å²) < 4.78 is 12.5. The first-order valence-corrected chi connectivity index (χ1v) is 10.3. The largest absolute Gasteiger partial charge is 0.497 e. The van der Waals surface area contributed by atoms with Crippen LogP contribution < -0.4 is 15.0 Å². The first-order valence-electron chi connectivity index (χ1n) is 10.3. The van der Waals surface area contributed by atoms with Gasteiger partial charge < -0.3 is 24.3 Å². The Balaban J connectivity index is 1.49. The molecule has 3 aromatic rings. The van der Waals surface area contributed by atoms with Crippen LogP contribution in [-0.4, -0.2) is 58.0 Å². The Bertz CT molecular complexity index is 1080. The highest BCUT2D eigenvalue weighted by Crippen LogP contribution is 2.30. The van der Waals surface area contributed by atoms with Gasteiger partial charge in [0.05, 0.1) is 13.4 Å². The maximum Gasteiger partial charge on any atom is 0.407 e. The van der Waals surface area contributed by atoms with Crippen LogP contribution in [0.1, 0.15) is 20.8 Å². The molecule has 0 aliphatic carbocycles. The number of benzene rings is 1. The number of ether oxygens (including phenoxy) is 2. The van der Waals surface area contributed by atoms with Crippen molar-refractivity contribution in [1.82, 2.24) is 24.8 Å². The lowest BCUT2D eigenvalue weighted by Gasteiger charge is -2.39. The molecule has 1 saturated heterocycles. The number of amides is 1. The fraction of sp³-hybridized carbons (Fsp3) is 0.455. The molecule has 0 saturated carbocycles. The van der Waals surface area contributed by atoms with Gasteiger partial charge in [0, 0.05) is 38.2 Å². The van der Waals surface area contributed by atoms with Gasteiger partial charge in [-0.05, 0) is 45.0 Å². The number of fused-ring (bicyclic) bond motifs is 1. The highest BCUT2D eigenvalue weighted by Gasteiger charge is 2.30. The summed E-state index contributed by atoms with van der Waals surface area (Å²) >= 11 is 0.